The molecule has 2 aromatic rings. The van der Waals surface area contributed by atoms with Crippen LogP contribution in [-0.2, 0) is 9.59 Å². The molecule has 6 rings (SSSR count). The van der Waals surface area contributed by atoms with E-state index in [1.807, 2.05) is 29.2 Å². The maximum absolute atomic E-state index is 14.0. The van der Waals surface area contributed by atoms with Gasteiger partial charge in [-0.2, -0.15) is 0 Å². The number of ketones is 1. The molecule has 2 aliphatic carbocycles. The lowest BCUT2D eigenvalue weighted by atomic mass is 9.71. The number of methoxy groups -OCH3 is 1. The number of rotatable bonds is 5. The minimum absolute atomic E-state index is 0.0938. The fourth-order valence-electron chi connectivity index (χ4n) is 7.12. The Labute approximate surface area is 243 Å². The monoisotopic (exact) mass is 554 g/mol. The summed E-state index contributed by atoms with van der Waals surface area (Å²) in [5.41, 5.74) is 4.99. The Kier molecular flexibility index (Phi) is 7.54. The molecule has 2 heterocycles. The summed E-state index contributed by atoms with van der Waals surface area (Å²) in [6.45, 7) is 7.55. The number of carbonyl (C=O) groups is 2. The lowest BCUT2D eigenvalue weighted by Gasteiger charge is -2.43. The summed E-state index contributed by atoms with van der Waals surface area (Å²) in [5, 5.41) is 3.69. The van der Waals surface area contributed by atoms with E-state index in [2.05, 4.69) is 65.4 Å². The molecule has 2 unspecified atom stereocenters. The molecular formula is C34H42N4O3. The van der Waals surface area contributed by atoms with E-state index in [0.717, 1.165) is 72.9 Å². The van der Waals surface area contributed by atoms with Crippen molar-refractivity contribution in [2.75, 3.05) is 55.0 Å². The second-order valence-corrected chi connectivity index (χ2v) is 12.7. The van der Waals surface area contributed by atoms with Crippen LogP contribution in [0.2, 0.25) is 0 Å². The van der Waals surface area contributed by atoms with Gasteiger partial charge in [0.05, 0.1) is 31.1 Å². The minimum Gasteiger partial charge on any atom is -0.497 e. The summed E-state index contributed by atoms with van der Waals surface area (Å²) in [6, 6.07) is 16.3. The standard InChI is InChI=1S/C34H42N4O3/c1-34(2)21-28-32(30(39)22-34)33(24-9-5-4-6-10-24)38(29-12-8-7-11-27(29)35-28)23-31(40)37-19-17-36(18-20-37)25-13-15-26(41-3)16-14-25/h4-5,7-8,11-16,24,33,35H,6,9-10,17-23H2,1-3H3. The van der Waals surface area contributed by atoms with Gasteiger partial charge in [-0.25, -0.2) is 0 Å². The van der Waals surface area contributed by atoms with Gasteiger partial charge in [0, 0.05) is 49.6 Å². The van der Waals surface area contributed by atoms with Crippen LogP contribution in [0.4, 0.5) is 17.1 Å². The Bertz CT molecular complexity index is 1350. The molecule has 4 aliphatic rings. The van der Waals surface area contributed by atoms with Gasteiger partial charge >= 0.3 is 0 Å². The van der Waals surface area contributed by atoms with Crippen LogP contribution in [0.25, 0.3) is 0 Å². The molecule has 1 fully saturated rings. The van der Waals surface area contributed by atoms with Crippen LogP contribution in [-0.4, -0.2) is 62.5 Å². The van der Waals surface area contributed by atoms with Crippen molar-refractivity contribution in [3.63, 3.8) is 0 Å². The van der Waals surface area contributed by atoms with Gasteiger partial charge in [0.2, 0.25) is 5.91 Å². The van der Waals surface area contributed by atoms with E-state index in [9.17, 15) is 9.59 Å². The molecular weight excluding hydrogens is 512 g/mol. The van der Waals surface area contributed by atoms with Gasteiger partial charge in [-0.15, -0.1) is 0 Å². The third-order valence-electron chi connectivity index (χ3n) is 9.18. The molecule has 0 bridgehead atoms. The van der Waals surface area contributed by atoms with E-state index in [1.165, 1.54) is 0 Å². The molecule has 0 spiro atoms. The molecule has 2 atom stereocenters. The van der Waals surface area contributed by atoms with Gasteiger partial charge in [0.1, 0.15) is 5.75 Å². The highest BCUT2D eigenvalue weighted by Crippen LogP contribution is 2.46. The summed E-state index contributed by atoms with van der Waals surface area (Å²) in [4.78, 5) is 34.5. The molecule has 216 valence electrons. The van der Waals surface area contributed by atoms with Gasteiger partial charge in [-0.3, -0.25) is 9.59 Å². The molecule has 1 saturated heterocycles. The first-order valence-electron chi connectivity index (χ1n) is 15.0. The normalized spacial score (nSPS) is 23.9. The van der Waals surface area contributed by atoms with Crippen LogP contribution in [0.1, 0.15) is 46.0 Å². The predicted molar refractivity (Wildman–Crippen MR) is 165 cm³/mol. The Hall–Kier alpha value is -3.74. The first kappa shape index (κ1) is 27.4. The second-order valence-electron chi connectivity index (χ2n) is 12.7. The first-order valence-corrected chi connectivity index (χ1v) is 15.0. The molecule has 2 aromatic carbocycles. The smallest absolute Gasteiger partial charge is 0.242 e. The van der Waals surface area contributed by atoms with E-state index in [1.54, 1.807) is 7.11 Å². The lowest BCUT2D eigenvalue weighted by Crippen LogP contribution is -2.54. The number of piperazine rings is 1. The van der Waals surface area contributed by atoms with Crippen molar-refractivity contribution in [2.45, 2.75) is 52.0 Å². The van der Waals surface area contributed by atoms with E-state index in [4.69, 9.17) is 4.74 Å². The number of ether oxygens (including phenoxy) is 1. The van der Waals surface area contributed by atoms with Crippen molar-refractivity contribution in [1.82, 2.24) is 4.90 Å². The fourth-order valence-corrected chi connectivity index (χ4v) is 7.12. The average molecular weight is 555 g/mol. The zero-order chi connectivity index (χ0) is 28.6. The molecule has 7 heteroatoms. The second kappa shape index (κ2) is 11.3. The van der Waals surface area contributed by atoms with Crippen LogP contribution in [0.5, 0.6) is 5.75 Å². The van der Waals surface area contributed by atoms with Crippen molar-refractivity contribution in [1.29, 1.82) is 0 Å². The lowest BCUT2D eigenvalue weighted by molar-refractivity contribution is -0.130. The number of para-hydroxylation sites is 2. The predicted octanol–water partition coefficient (Wildman–Crippen LogP) is 5.64. The van der Waals surface area contributed by atoms with E-state index >= 15 is 0 Å². The van der Waals surface area contributed by atoms with Gasteiger partial charge < -0.3 is 24.8 Å². The zero-order valence-corrected chi connectivity index (χ0v) is 24.6. The number of carbonyl (C=O) groups excluding carboxylic acids is 2. The average Bonchev–Trinajstić information content (AvgIpc) is 3.11. The number of hydrogen-bond acceptors (Lipinski definition) is 6. The van der Waals surface area contributed by atoms with Crippen molar-refractivity contribution >= 4 is 28.8 Å². The van der Waals surface area contributed by atoms with Crippen molar-refractivity contribution in [3.05, 3.63) is 72.0 Å². The molecule has 0 radical (unpaired) electrons. The number of anilines is 3. The van der Waals surface area contributed by atoms with E-state index < -0.39 is 0 Å². The van der Waals surface area contributed by atoms with Gasteiger partial charge in [0.15, 0.2) is 5.78 Å². The minimum atomic E-state index is -0.126. The van der Waals surface area contributed by atoms with Crippen LogP contribution in [0.3, 0.4) is 0 Å². The number of nitrogens with zero attached hydrogens (tertiary/aromatic N) is 3. The first-order chi connectivity index (χ1) is 19.8. The quantitative estimate of drug-likeness (QED) is 0.483. The number of Topliss-reactive ketones (excluding diaryl/α,β-unsaturated/α-hetero) is 1. The number of hydrogen-bond donors (Lipinski definition) is 1. The molecule has 41 heavy (non-hydrogen) atoms. The Morgan fingerprint density at radius 1 is 1.00 bits per heavy atom. The molecule has 0 saturated carbocycles. The van der Waals surface area contributed by atoms with E-state index in [0.29, 0.717) is 19.5 Å². The van der Waals surface area contributed by atoms with E-state index in [-0.39, 0.29) is 35.6 Å². The number of benzene rings is 2. The molecule has 1 amide bonds. The Balaban J connectivity index is 1.28. The summed E-state index contributed by atoms with van der Waals surface area (Å²) in [6.07, 6.45) is 8.82. The van der Waals surface area contributed by atoms with Gasteiger partial charge in [-0.1, -0.05) is 38.1 Å². The van der Waals surface area contributed by atoms with Gasteiger partial charge in [-0.05, 0) is 73.4 Å². The van der Waals surface area contributed by atoms with Crippen molar-refractivity contribution < 1.29 is 14.3 Å². The summed E-state index contributed by atoms with van der Waals surface area (Å²) < 4.78 is 5.30. The topological polar surface area (TPSA) is 65.1 Å². The Morgan fingerprint density at radius 3 is 2.46 bits per heavy atom. The third kappa shape index (κ3) is 5.59. The maximum Gasteiger partial charge on any atom is 0.242 e. The SMILES string of the molecule is COc1ccc(N2CCN(C(=O)CN3c4ccccc4NC4=C(C(=O)CC(C)(C)C4)C3C3CC=CCC3)CC2)cc1. The molecule has 2 aliphatic heterocycles. The molecule has 0 aromatic heterocycles. The fraction of sp³-hybridized carbons (Fsp3) is 0.471. The van der Waals surface area contributed by atoms with Crippen LogP contribution in [0, 0.1) is 11.3 Å². The van der Waals surface area contributed by atoms with Crippen LogP contribution < -0.4 is 19.9 Å². The Morgan fingerprint density at radius 2 is 1.76 bits per heavy atom. The maximum atomic E-state index is 14.0. The third-order valence-corrected chi connectivity index (χ3v) is 9.18. The molecule has 7 nitrogen and oxygen atoms in total. The summed E-state index contributed by atoms with van der Waals surface area (Å²) >= 11 is 0. The molecule has 1 N–H and O–H groups in total. The number of nitrogens with one attached hydrogen (secondary N) is 1. The van der Waals surface area contributed by atoms with Crippen molar-refractivity contribution in [2.24, 2.45) is 11.3 Å². The van der Waals surface area contributed by atoms with Crippen LogP contribution in [0.15, 0.2) is 72.0 Å². The largest absolute Gasteiger partial charge is 0.497 e. The summed E-state index contributed by atoms with van der Waals surface area (Å²) in [5.74, 6) is 1.47. The summed E-state index contributed by atoms with van der Waals surface area (Å²) in [7, 11) is 1.68. The highest BCUT2D eigenvalue weighted by Gasteiger charge is 2.44. The van der Waals surface area contributed by atoms with Gasteiger partial charge in [0.25, 0.3) is 0 Å². The zero-order valence-electron chi connectivity index (χ0n) is 24.6. The highest BCUT2D eigenvalue weighted by molar-refractivity contribution is 6.01. The van der Waals surface area contributed by atoms with Crippen LogP contribution >= 0.6 is 0 Å². The number of allylic oxidation sites excluding steroid dienone is 3. The number of amides is 1. The van der Waals surface area contributed by atoms with Crippen molar-refractivity contribution in [3.8, 4) is 5.75 Å². The highest BCUT2D eigenvalue weighted by atomic mass is 16.5. The number of fused-ring (bicyclic) bond motifs is 1.